The van der Waals surface area contributed by atoms with Crippen LogP contribution in [0.5, 0.6) is 0 Å². The summed E-state index contributed by atoms with van der Waals surface area (Å²) < 4.78 is 11.6. The SMILES string of the molecule is CC=C(C)C(=O)OC1CC2C(CCC3CC(O)CCC32C)C2(O)CCC(O)(C(C)OC(C)=O)C12C. The Morgan fingerprint density at radius 1 is 1.00 bits per heavy atom. The number of hydrogen-bond donors (Lipinski definition) is 3. The highest BCUT2D eigenvalue weighted by Gasteiger charge is 2.77. The first-order chi connectivity index (χ1) is 16.2. The molecule has 0 aromatic heterocycles. The van der Waals surface area contributed by atoms with E-state index in [-0.39, 0.29) is 29.8 Å². The van der Waals surface area contributed by atoms with Crippen LogP contribution >= 0.6 is 0 Å². The molecule has 0 radical (unpaired) electrons. The fourth-order valence-electron chi connectivity index (χ4n) is 8.73. The quantitative estimate of drug-likeness (QED) is 0.405. The van der Waals surface area contributed by atoms with E-state index in [9.17, 15) is 24.9 Å². The number of fused-ring (bicyclic) bond motifs is 5. The molecule has 0 amide bonds. The summed E-state index contributed by atoms with van der Waals surface area (Å²) in [5, 5.41) is 35.1. The van der Waals surface area contributed by atoms with Crippen molar-refractivity contribution in [1.82, 2.24) is 0 Å². The van der Waals surface area contributed by atoms with E-state index in [0.717, 1.165) is 32.1 Å². The molecule has 4 aliphatic rings. The predicted octanol–water partition coefficient (Wildman–Crippen LogP) is 3.68. The zero-order chi connectivity index (χ0) is 26.0. The van der Waals surface area contributed by atoms with Crippen LogP contribution in [0.4, 0.5) is 0 Å². The Balaban J connectivity index is 1.80. The molecule has 10 atom stereocenters. The van der Waals surface area contributed by atoms with Gasteiger partial charge in [0.15, 0.2) is 0 Å². The highest BCUT2D eigenvalue weighted by molar-refractivity contribution is 5.87. The average molecular weight is 493 g/mol. The molecule has 4 rings (SSSR count). The van der Waals surface area contributed by atoms with Crippen molar-refractivity contribution in [3.63, 3.8) is 0 Å². The minimum atomic E-state index is -1.55. The maximum absolute atomic E-state index is 13.0. The van der Waals surface area contributed by atoms with Crippen molar-refractivity contribution in [2.75, 3.05) is 0 Å². The number of hydrogen-bond acceptors (Lipinski definition) is 7. The molecule has 0 bridgehead atoms. The Morgan fingerprint density at radius 2 is 1.69 bits per heavy atom. The van der Waals surface area contributed by atoms with Gasteiger partial charge in [0.1, 0.15) is 17.8 Å². The van der Waals surface area contributed by atoms with Gasteiger partial charge in [-0.2, -0.15) is 0 Å². The van der Waals surface area contributed by atoms with E-state index in [1.807, 2.05) is 6.92 Å². The predicted molar refractivity (Wildman–Crippen MR) is 130 cm³/mol. The van der Waals surface area contributed by atoms with Gasteiger partial charge in [0.25, 0.3) is 0 Å². The number of carbonyl (C=O) groups is 2. The molecule has 0 saturated heterocycles. The van der Waals surface area contributed by atoms with Crippen molar-refractivity contribution in [2.24, 2.45) is 28.6 Å². The molecule has 10 unspecified atom stereocenters. The number of aliphatic hydroxyl groups excluding tert-OH is 1. The van der Waals surface area contributed by atoms with Gasteiger partial charge in [0, 0.05) is 12.5 Å². The van der Waals surface area contributed by atoms with Crippen LogP contribution < -0.4 is 0 Å². The smallest absolute Gasteiger partial charge is 0.333 e. The third-order valence-electron chi connectivity index (χ3n) is 11.1. The fraction of sp³-hybridized carbons (Fsp3) is 0.857. The van der Waals surface area contributed by atoms with Gasteiger partial charge >= 0.3 is 11.9 Å². The third-order valence-corrected chi connectivity index (χ3v) is 11.1. The molecule has 4 saturated carbocycles. The van der Waals surface area contributed by atoms with Crippen LogP contribution in [0, 0.1) is 28.6 Å². The molecule has 7 heteroatoms. The summed E-state index contributed by atoms with van der Waals surface area (Å²) in [4.78, 5) is 24.9. The number of esters is 2. The minimum Gasteiger partial charge on any atom is -0.460 e. The van der Waals surface area contributed by atoms with Gasteiger partial charge in [0.05, 0.1) is 17.1 Å². The fourth-order valence-corrected chi connectivity index (χ4v) is 8.73. The van der Waals surface area contributed by atoms with Crippen molar-refractivity contribution in [2.45, 2.75) is 122 Å². The summed E-state index contributed by atoms with van der Waals surface area (Å²) in [5.41, 5.74) is -3.65. The van der Waals surface area contributed by atoms with Gasteiger partial charge in [-0.15, -0.1) is 0 Å². The Kier molecular flexibility index (Phi) is 6.73. The van der Waals surface area contributed by atoms with Crippen molar-refractivity contribution < 1.29 is 34.4 Å². The zero-order valence-corrected chi connectivity index (χ0v) is 22.2. The third kappa shape index (κ3) is 3.71. The van der Waals surface area contributed by atoms with Gasteiger partial charge in [0.2, 0.25) is 0 Å². The van der Waals surface area contributed by atoms with Crippen molar-refractivity contribution in [3.8, 4) is 0 Å². The molecule has 4 fully saturated rings. The summed E-state index contributed by atoms with van der Waals surface area (Å²) in [7, 11) is 0. The lowest BCUT2D eigenvalue weighted by Gasteiger charge is -2.66. The van der Waals surface area contributed by atoms with Crippen LogP contribution in [0.15, 0.2) is 11.6 Å². The first-order valence-electron chi connectivity index (χ1n) is 13.4. The Labute approximate surface area is 209 Å². The molecule has 35 heavy (non-hydrogen) atoms. The van der Waals surface area contributed by atoms with E-state index in [2.05, 4.69) is 6.92 Å². The monoisotopic (exact) mass is 492 g/mol. The second-order valence-electron chi connectivity index (χ2n) is 12.3. The molecule has 7 nitrogen and oxygen atoms in total. The molecule has 0 aromatic carbocycles. The minimum absolute atomic E-state index is 0.0692. The Morgan fingerprint density at radius 3 is 2.31 bits per heavy atom. The lowest BCUT2D eigenvalue weighted by atomic mass is 9.42. The summed E-state index contributed by atoms with van der Waals surface area (Å²) in [5.74, 6) is -0.562. The zero-order valence-electron chi connectivity index (χ0n) is 22.2. The summed E-state index contributed by atoms with van der Waals surface area (Å²) >= 11 is 0. The topological polar surface area (TPSA) is 113 Å². The standard InChI is InChI=1S/C28H44O7/c1-7-16(2)24(31)35-23-15-22-21(9-8-19-14-20(30)10-11-25(19,22)5)28(33)13-12-27(32,26(23,28)6)17(3)34-18(4)29/h7,17,19-23,30,32-33H,8-15H2,1-6H3. The highest BCUT2D eigenvalue weighted by Crippen LogP contribution is 2.71. The first kappa shape index (κ1) is 26.6. The number of carbonyl (C=O) groups excluding carboxylic acids is 2. The van der Waals surface area contributed by atoms with E-state index < -0.39 is 40.8 Å². The number of ether oxygens (including phenoxy) is 2. The van der Waals surface area contributed by atoms with E-state index in [0.29, 0.717) is 24.3 Å². The molecule has 0 spiro atoms. The van der Waals surface area contributed by atoms with E-state index in [1.165, 1.54) is 6.92 Å². The van der Waals surface area contributed by atoms with Gasteiger partial charge in [-0.3, -0.25) is 4.79 Å². The molecule has 3 N–H and O–H groups in total. The molecule has 0 aromatic rings. The van der Waals surface area contributed by atoms with Crippen molar-refractivity contribution in [3.05, 3.63) is 11.6 Å². The van der Waals surface area contributed by atoms with Gasteiger partial charge in [-0.25, -0.2) is 4.79 Å². The normalized spacial score (nSPS) is 48.3. The number of rotatable bonds is 4. The van der Waals surface area contributed by atoms with E-state index in [4.69, 9.17) is 9.47 Å². The number of aliphatic hydroxyl groups is 3. The van der Waals surface area contributed by atoms with Crippen molar-refractivity contribution >= 4 is 11.9 Å². The Hall–Kier alpha value is -1.44. The summed E-state index contributed by atoms with van der Waals surface area (Å²) in [6.07, 6.45) is 5.05. The molecule has 198 valence electrons. The van der Waals surface area contributed by atoms with Crippen LogP contribution in [0.25, 0.3) is 0 Å². The molecule has 0 heterocycles. The maximum atomic E-state index is 13.0. The molecule has 0 aliphatic heterocycles. The summed E-state index contributed by atoms with van der Waals surface area (Å²) in [6, 6.07) is 0. The second-order valence-corrected chi connectivity index (χ2v) is 12.3. The summed E-state index contributed by atoms with van der Waals surface area (Å²) in [6.45, 7) is 10.6. The largest absolute Gasteiger partial charge is 0.460 e. The lowest BCUT2D eigenvalue weighted by Crippen LogP contribution is -2.72. The van der Waals surface area contributed by atoms with Crippen molar-refractivity contribution in [1.29, 1.82) is 0 Å². The van der Waals surface area contributed by atoms with Gasteiger partial charge in [-0.05, 0) is 95.3 Å². The van der Waals surface area contributed by atoms with E-state index in [1.54, 1.807) is 26.8 Å². The van der Waals surface area contributed by atoms with Crippen LogP contribution in [-0.2, 0) is 19.1 Å². The maximum Gasteiger partial charge on any atom is 0.333 e. The average Bonchev–Trinajstić information content (AvgIpc) is 3.02. The Bertz CT molecular complexity index is 900. The highest BCUT2D eigenvalue weighted by atomic mass is 16.6. The second kappa shape index (κ2) is 8.84. The first-order valence-corrected chi connectivity index (χ1v) is 13.4. The van der Waals surface area contributed by atoms with Crippen LogP contribution in [-0.4, -0.2) is 56.8 Å². The van der Waals surface area contributed by atoms with Gasteiger partial charge < -0.3 is 24.8 Å². The van der Waals surface area contributed by atoms with Crippen LogP contribution in [0.1, 0.15) is 92.9 Å². The number of allylic oxidation sites excluding steroid dienone is 1. The molecular weight excluding hydrogens is 448 g/mol. The molecule has 4 aliphatic carbocycles. The van der Waals surface area contributed by atoms with E-state index >= 15 is 0 Å². The molecular formula is C28H44O7. The van der Waals surface area contributed by atoms with Gasteiger partial charge in [-0.1, -0.05) is 19.9 Å². The van der Waals surface area contributed by atoms with Crippen LogP contribution in [0.2, 0.25) is 0 Å². The lowest BCUT2D eigenvalue weighted by molar-refractivity contribution is -0.290. The van der Waals surface area contributed by atoms with Crippen LogP contribution in [0.3, 0.4) is 0 Å².